The maximum absolute atomic E-state index is 12.8. The van der Waals surface area contributed by atoms with E-state index in [9.17, 15) is 4.79 Å². The van der Waals surface area contributed by atoms with E-state index in [-0.39, 0.29) is 17.4 Å². The summed E-state index contributed by atoms with van der Waals surface area (Å²) in [5.74, 6) is 2.70. The molecule has 12 heteroatoms. The minimum Gasteiger partial charge on any atom is -0.497 e. The fraction of sp³-hybridized carbons (Fsp3) is 0.375. The van der Waals surface area contributed by atoms with Crippen molar-refractivity contribution in [3.8, 4) is 17.2 Å². The van der Waals surface area contributed by atoms with Crippen molar-refractivity contribution in [3.63, 3.8) is 0 Å². The highest BCUT2D eigenvalue weighted by Crippen LogP contribution is 2.39. The minimum absolute atomic E-state index is 0.149. The van der Waals surface area contributed by atoms with Crippen LogP contribution in [-0.4, -0.2) is 64.3 Å². The SMILES string of the molecule is COc1ccc(NC(=O)N2CCN(c3nc(N)nc4scc(-c5nc(C(C)(C)C)no5)c34)CC2)cc1. The molecule has 5 rings (SSSR count). The van der Waals surface area contributed by atoms with Gasteiger partial charge in [0.25, 0.3) is 5.89 Å². The molecule has 36 heavy (non-hydrogen) atoms. The van der Waals surface area contributed by atoms with Crippen molar-refractivity contribution in [2.75, 3.05) is 49.2 Å². The summed E-state index contributed by atoms with van der Waals surface area (Å²) in [6.45, 7) is 8.34. The Bertz CT molecular complexity index is 1380. The third-order valence-electron chi connectivity index (χ3n) is 5.97. The molecule has 1 aliphatic heterocycles. The molecule has 2 amide bonds. The van der Waals surface area contributed by atoms with Crippen molar-refractivity contribution in [3.05, 3.63) is 35.5 Å². The van der Waals surface area contributed by atoms with Crippen LogP contribution in [0.25, 0.3) is 21.7 Å². The van der Waals surface area contributed by atoms with Gasteiger partial charge >= 0.3 is 6.03 Å². The first-order valence-corrected chi connectivity index (χ1v) is 12.4. The second-order valence-corrected chi connectivity index (χ2v) is 10.4. The standard InChI is InChI=1S/C24H28N8O3S/c1-24(2,3)21-28-19(35-30-21)16-13-36-20-17(16)18(27-22(25)29-20)31-9-11-32(12-10-31)23(33)26-14-5-7-15(34-4)8-6-14/h5-8,13H,9-12H2,1-4H3,(H,26,33)(H2,25,27,29). The van der Waals surface area contributed by atoms with E-state index in [0.717, 1.165) is 21.5 Å². The summed E-state index contributed by atoms with van der Waals surface area (Å²) in [7, 11) is 1.61. The number of nitrogens with zero attached hydrogens (tertiary/aromatic N) is 6. The van der Waals surface area contributed by atoms with Crippen molar-refractivity contribution in [1.82, 2.24) is 25.0 Å². The van der Waals surface area contributed by atoms with Crippen molar-refractivity contribution in [2.45, 2.75) is 26.2 Å². The van der Waals surface area contributed by atoms with E-state index in [0.29, 0.717) is 49.4 Å². The Labute approximate surface area is 212 Å². The van der Waals surface area contributed by atoms with E-state index < -0.39 is 0 Å². The zero-order chi connectivity index (χ0) is 25.4. The molecule has 3 aromatic heterocycles. The first-order chi connectivity index (χ1) is 17.2. The number of rotatable bonds is 4. The molecule has 0 aliphatic carbocycles. The van der Waals surface area contributed by atoms with Gasteiger partial charge in [0.1, 0.15) is 16.4 Å². The lowest BCUT2D eigenvalue weighted by atomic mass is 9.96. The highest BCUT2D eigenvalue weighted by atomic mass is 32.1. The number of carbonyl (C=O) groups excluding carboxylic acids is 1. The van der Waals surface area contributed by atoms with Crippen LogP contribution >= 0.6 is 11.3 Å². The van der Waals surface area contributed by atoms with Gasteiger partial charge in [-0.25, -0.2) is 9.78 Å². The molecular formula is C24H28N8O3S. The highest BCUT2D eigenvalue weighted by Gasteiger charge is 2.28. The summed E-state index contributed by atoms with van der Waals surface area (Å²) in [6.07, 6.45) is 0. The Balaban J connectivity index is 1.35. The number of hydrogen-bond acceptors (Lipinski definition) is 10. The summed E-state index contributed by atoms with van der Waals surface area (Å²) >= 11 is 1.46. The van der Waals surface area contributed by atoms with Crippen molar-refractivity contribution >= 4 is 45.0 Å². The number of hydrogen-bond donors (Lipinski definition) is 2. The molecular weight excluding hydrogens is 480 g/mol. The van der Waals surface area contributed by atoms with E-state index in [1.807, 2.05) is 50.4 Å². The van der Waals surface area contributed by atoms with Crippen LogP contribution in [0.5, 0.6) is 5.75 Å². The van der Waals surface area contributed by atoms with Crippen LogP contribution in [0.4, 0.5) is 22.2 Å². The summed E-state index contributed by atoms with van der Waals surface area (Å²) in [6, 6.07) is 7.10. The van der Waals surface area contributed by atoms with E-state index >= 15 is 0 Å². The van der Waals surface area contributed by atoms with Crippen LogP contribution in [0.2, 0.25) is 0 Å². The molecule has 1 aromatic carbocycles. The fourth-order valence-corrected chi connectivity index (χ4v) is 4.87. The van der Waals surface area contributed by atoms with Crippen molar-refractivity contribution < 1.29 is 14.1 Å². The molecule has 1 fully saturated rings. The number of urea groups is 1. The molecule has 1 saturated heterocycles. The zero-order valence-corrected chi connectivity index (χ0v) is 21.4. The van der Waals surface area contributed by atoms with Crippen LogP contribution < -0.4 is 20.7 Å². The van der Waals surface area contributed by atoms with Crippen LogP contribution in [0.1, 0.15) is 26.6 Å². The molecule has 4 aromatic rings. The van der Waals surface area contributed by atoms with Gasteiger partial charge in [0.15, 0.2) is 5.82 Å². The molecule has 0 radical (unpaired) electrons. The Morgan fingerprint density at radius 1 is 1.11 bits per heavy atom. The fourth-order valence-electron chi connectivity index (χ4n) is 3.96. The predicted molar refractivity (Wildman–Crippen MR) is 140 cm³/mol. The Kier molecular flexibility index (Phi) is 6.12. The first-order valence-electron chi connectivity index (χ1n) is 11.6. The van der Waals surface area contributed by atoms with Crippen LogP contribution in [0.15, 0.2) is 34.2 Å². The second-order valence-electron chi connectivity index (χ2n) is 9.54. The summed E-state index contributed by atoms with van der Waals surface area (Å²) < 4.78 is 10.8. The molecule has 1 aliphatic rings. The number of piperazine rings is 1. The number of benzene rings is 1. The summed E-state index contributed by atoms with van der Waals surface area (Å²) in [5, 5.41) is 9.88. The average molecular weight is 509 g/mol. The first kappa shape index (κ1) is 23.8. The molecule has 0 spiro atoms. The quantitative estimate of drug-likeness (QED) is 0.419. The molecule has 3 N–H and O–H groups in total. The number of carbonyl (C=O) groups is 1. The van der Waals surface area contributed by atoms with Gasteiger partial charge in [-0.05, 0) is 24.3 Å². The summed E-state index contributed by atoms with van der Waals surface area (Å²) in [5.41, 5.74) is 7.31. The van der Waals surface area contributed by atoms with Crippen molar-refractivity contribution in [2.24, 2.45) is 0 Å². The second kappa shape index (κ2) is 9.26. The normalized spacial score (nSPS) is 14.3. The number of nitrogens with two attached hydrogens (primary N) is 1. The van der Waals surface area contributed by atoms with Gasteiger partial charge in [-0.2, -0.15) is 9.97 Å². The minimum atomic E-state index is -0.236. The monoisotopic (exact) mass is 508 g/mol. The Hall–Kier alpha value is -3.93. The van der Waals surface area contributed by atoms with Gasteiger partial charge in [-0.3, -0.25) is 0 Å². The molecule has 4 heterocycles. The van der Waals surface area contributed by atoms with Gasteiger partial charge in [0.05, 0.1) is 18.1 Å². The molecule has 0 bridgehead atoms. The van der Waals surface area contributed by atoms with E-state index in [1.165, 1.54) is 11.3 Å². The number of nitrogens with one attached hydrogen (secondary N) is 1. The average Bonchev–Trinajstić information content (AvgIpc) is 3.51. The largest absolute Gasteiger partial charge is 0.497 e. The Morgan fingerprint density at radius 2 is 1.83 bits per heavy atom. The van der Waals surface area contributed by atoms with Crippen molar-refractivity contribution in [1.29, 1.82) is 0 Å². The lowest BCUT2D eigenvalue weighted by Gasteiger charge is -2.35. The zero-order valence-electron chi connectivity index (χ0n) is 20.6. The molecule has 0 unspecified atom stereocenters. The number of amides is 2. The third-order valence-corrected chi connectivity index (χ3v) is 6.84. The highest BCUT2D eigenvalue weighted by molar-refractivity contribution is 7.17. The van der Waals surface area contributed by atoms with Gasteiger partial charge in [0.2, 0.25) is 5.95 Å². The smallest absolute Gasteiger partial charge is 0.321 e. The molecule has 0 atom stereocenters. The number of ether oxygens (including phenoxy) is 1. The number of aromatic nitrogens is 4. The molecule has 0 saturated carbocycles. The number of thiophene rings is 1. The maximum Gasteiger partial charge on any atom is 0.321 e. The Morgan fingerprint density at radius 3 is 2.47 bits per heavy atom. The van der Waals surface area contributed by atoms with Crippen LogP contribution in [0, 0.1) is 0 Å². The van der Waals surface area contributed by atoms with Gasteiger partial charge in [-0.1, -0.05) is 25.9 Å². The topological polar surface area (TPSA) is 136 Å². The van der Waals surface area contributed by atoms with E-state index in [1.54, 1.807) is 12.0 Å². The van der Waals surface area contributed by atoms with E-state index in [4.69, 9.17) is 15.0 Å². The van der Waals surface area contributed by atoms with E-state index in [2.05, 4.69) is 30.3 Å². The number of methoxy groups -OCH3 is 1. The number of anilines is 3. The molecule has 11 nitrogen and oxygen atoms in total. The van der Waals surface area contributed by atoms with Gasteiger partial charge in [0, 0.05) is 42.7 Å². The molecule has 188 valence electrons. The van der Waals surface area contributed by atoms with Gasteiger partial charge < -0.3 is 30.1 Å². The number of nitrogen functional groups attached to an aromatic ring is 1. The predicted octanol–water partition coefficient (Wildman–Crippen LogP) is 3.98. The lowest BCUT2D eigenvalue weighted by molar-refractivity contribution is 0.208. The lowest BCUT2D eigenvalue weighted by Crippen LogP contribution is -2.50. The maximum atomic E-state index is 12.8. The van der Waals surface area contributed by atoms with Crippen LogP contribution in [-0.2, 0) is 5.41 Å². The third kappa shape index (κ3) is 4.63. The van der Waals surface area contributed by atoms with Gasteiger partial charge in [-0.15, -0.1) is 11.3 Å². The summed E-state index contributed by atoms with van der Waals surface area (Å²) in [4.78, 5) is 31.1. The van der Waals surface area contributed by atoms with Crippen LogP contribution in [0.3, 0.4) is 0 Å². The number of fused-ring (bicyclic) bond motifs is 1.